The molecule has 1 aromatic heterocycles. The van der Waals surface area contributed by atoms with Crippen molar-refractivity contribution in [3.63, 3.8) is 0 Å². The number of aromatic nitrogens is 1. The second-order valence-corrected chi connectivity index (χ2v) is 3.61. The molecule has 1 aromatic rings. The van der Waals surface area contributed by atoms with Crippen molar-refractivity contribution >= 4 is 0 Å². The second-order valence-electron chi connectivity index (χ2n) is 3.61. The Kier molecular flexibility index (Phi) is 2.32. The number of aryl methyl sites for hydroxylation is 1. The third-order valence-corrected chi connectivity index (χ3v) is 2.08. The number of halogens is 3. The SMILES string of the molecule is Cc1ccc(OC2CC2)c(C(F)(F)F)n1. The molecular weight excluding hydrogens is 207 g/mol. The average molecular weight is 217 g/mol. The zero-order valence-corrected chi connectivity index (χ0v) is 8.14. The molecule has 0 radical (unpaired) electrons. The van der Waals surface area contributed by atoms with Crippen LogP contribution in [0.25, 0.3) is 0 Å². The summed E-state index contributed by atoms with van der Waals surface area (Å²) in [6.45, 7) is 1.52. The topological polar surface area (TPSA) is 22.1 Å². The number of alkyl halides is 3. The summed E-state index contributed by atoms with van der Waals surface area (Å²) in [5, 5.41) is 0. The number of hydrogen-bond acceptors (Lipinski definition) is 2. The minimum atomic E-state index is -4.45. The van der Waals surface area contributed by atoms with Crippen molar-refractivity contribution in [2.75, 3.05) is 0 Å². The molecule has 5 heteroatoms. The normalized spacial score (nSPS) is 16.5. The van der Waals surface area contributed by atoms with E-state index in [9.17, 15) is 13.2 Å². The fourth-order valence-electron chi connectivity index (χ4n) is 1.21. The van der Waals surface area contributed by atoms with E-state index in [0.717, 1.165) is 12.8 Å². The van der Waals surface area contributed by atoms with Crippen molar-refractivity contribution in [3.05, 3.63) is 23.5 Å². The van der Waals surface area contributed by atoms with Crippen LogP contribution in [0.2, 0.25) is 0 Å². The fraction of sp³-hybridized carbons (Fsp3) is 0.500. The maximum atomic E-state index is 12.6. The van der Waals surface area contributed by atoms with E-state index in [-0.39, 0.29) is 11.9 Å². The second kappa shape index (κ2) is 3.40. The van der Waals surface area contributed by atoms with E-state index in [0.29, 0.717) is 5.69 Å². The maximum absolute atomic E-state index is 12.6. The number of hydrogen-bond donors (Lipinski definition) is 0. The molecule has 15 heavy (non-hydrogen) atoms. The first-order valence-electron chi connectivity index (χ1n) is 4.68. The lowest BCUT2D eigenvalue weighted by Gasteiger charge is -2.12. The van der Waals surface area contributed by atoms with Crippen molar-refractivity contribution in [3.8, 4) is 5.75 Å². The smallest absolute Gasteiger partial charge is 0.437 e. The largest absolute Gasteiger partial charge is 0.488 e. The highest BCUT2D eigenvalue weighted by Crippen LogP contribution is 2.37. The van der Waals surface area contributed by atoms with Gasteiger partial charge in [-0.05, 0) is 31.9 Å². The summed E-state index contributed by atoms with van der Waals surface area (Å²) >= 11 is 0. The molecule has 0 saturated heterocycles. The highest BCUT2D eigenvalue weighted by atomic mass is 19.4. The molecule has 1 saturated carbocycles. The van der Waals surface area contributed by atoms with Crippen LogP contribution in [0.15, 0.2) is 12.1 Å². The molecule has 82 valence electrons. The Bertz CT molecular complexity index is 371. The quantitative estimate of drug-likeness (QED) is 0.759. The summed E-state index contributed by atoms with van der Waals surface area (Å²) in [7, 11) is 0. The lowest BCUT2D eigenvalue weighted by atomic mass is 10.3. The summed E-state index contributed by atoms with van der Waals surface area (Å²) in [5.74, 6) is -0.157. The Labute approximate surface area is 85.1 Å². The highest BCUT2D eigenvalue weighted by molar-refractivity contribution is 5.31. The number of nitrogens with zero attached hydrogens (tertiary/aromatic N) is 1. The van der Waals surface area contributed by atoms with Gasteiger partial charge in [0, 0.05) is 5.69 Å². The summed E-state index contributed by atoms with van der Waals surface area (Å²) < 4.78 is 42.8. The van der Waals surface area contributed by atoms with E-state index in [1.165, 1.54) is 19.1 Å². The van der Waals surface area contributed by atoms with Crippen LogP contribution < -0.4 is 4.74 Å². The minimum absolute atomic E-state index is 0.0596. The molecule has 0 N–H and O–H groups in total. The zero-order chi connectivity index (χ0) is 11.1. The third kappa shape index (κ3) is 2.40. The molecule has 1 aliphatic rings. The Morgan fingerprint density at radius 1 is 1.33 bits per heavy atom. The van der Waals surface area contributed by atoms with Gasteiger partial charge in [0.05, 0.1) is 6.10 Å². The molecule has 1 heterocycles. The molecule has 1 aliphatic carbocycles. The Morgan fingerprint density at radius 2 is 2.00 bits per heavy atom. The van der Waals surface area contributed by atoms with Crippen molar-refractivity contribution < 1.29 is 17.9 Å². The van der Waals surface area contributed by atoms with Gasteiger partial charge in [0.15, 0.2) is 11.4 Å². The van der Waals surface area contributed by atoms with E-state index >= 15 is 0 Å². The van der Waals surface area contributed by atoms with Crippen molar-refractivity contribution in [2.45, 2.75) is 32.0 Å². The predicted molar refractivity (Wildman–Crippen MR) is 47.6 cm³/mol. The van der Waals surface area contributed by atoms with Crippen molar-refractivity contribution in [1.82, 2.24) is 4.98 Å². The number of pyridine rings is 1. The third-order valence-electron chi connectivity index (χ3n) is 2.08. The number of rotatable bonds is 2. The van der Waals surface area contributed by atoms with Crippen molar-refractivity contribution in [1.29, 1.82) is 0 Å². The van der Waals surface area contributed by atoms with Crippen LogP contribution in [0, 0.1) is 6.92 Å². The maximum Gasteiger partial charge on any atom is 0.437 e. The van der Waals surface area contributed by atoms with Gasteiger partial charge in [0.2, 0.25) is 0 Å². The zero-order valence-electron chi connectivity index (χ0n) is 8.14. The van der Waals surface area contributed by atoms with Crippen LogP contribution in [0.4, 0.5) is 13.2 Å². The summed E-state index contributed by atoms with van der Waals surface area (Å²) in [4.78, 5) is 3.48. The van der Waals surface area contributed by atoms with Crippen LogP contribution in [0.1, 0.15) is 24.2 Å². The van der Waals surface area contributed by atoms with Gasteiger partial charge < -0.3 is 4.74 Å². The van der Waals surface area contributed by atoms with E-state index in [4.69, 9.17) is 4.74 Å². The summed E-state index contributed by atoms with van der Waals surface area (Å²) in [5.41, 5.74) is -0.583. The lowest BCUT2D eigenvalue weighted by Crippen LogP contribution is -2.12. The Balaban J connectivity index is 2.34. The molecule has 0 spiro atoms. The van der Waals surface area contributed by atoms with Crippen LogP contribution >= 0.6 is 0 Å². The van der Waals surface area contributed by atoms with Crippen LogP contribution in [0.3, 0.4) is 0 Å². The molecule has 0 aromatic carbocycles. The predicted octanol–water partition coefficient (Wildman–Crippen LogP) is 2.95. The molecule has 0 aliphatic heterocycles. The minimum Gasteiger partial charge on any atom is -0.488 e. The van der Waals surface area contributed by atoms with Gasteiger partial charge in [-0.2, -0.15) is 13.2 Å². The van der Waals surface area contributed by atoms with Crippen molar-refractivity contribution in [2.24, 2.45) is 0 Å². The summed E-state index contributed by atoms with van der Waals surface area (Å²) in [6.07, 6.45) is -2.86. The van der Waals surface area contributed by atoms with E-state index < -0.39 is 11.9 Å². The molecule has 2 rings (SSSR count). The van der Waals surface area contributed by atoms with E-state index in [2.05, 4.69) is 4.98 Å². The Morgan fingerprint density at radius 3 is 2.53 bits per heavy atom. The van der Waals surface area contributed by atoms with Crippen LogP contribution in [-0.2, 0) is 6.18 Å². The van der Waals surface area contributed by atoms with Gasteiger partial charge in [0.25, 0.3) is 0 Å². The standard InChI is InChI=1S/C10H10F3NO/c1-6-2-5-8(15-7-3-4-7)9(14-6)10(11,12)13/h2,5,7H,3-4H2,1H3. The Hall–Kier alpha value is -1.26. The molecular formula is C10H10F3NO. The molecule has 0 unspecified atom stereocenters. The molecule has 0 atom stereocenters. The monoisotopic (exact) mass is 217 g/mol. The first kappa shape index (κ1) is 10.3. The van der Waals surface area contributed by atoms with Gasteiger partial charge in [-0.15, -0.1) is 0 Å². The van der Waals surface area contributed by atoms with E-state index in [1.54, 1.807) is 0 Å². The van der Waals surface area contributed by atoms with Gasteiger partial charge >= 0.3 is 6.18 Å². The van der Waals surface area contributed by atoms with E-state index in [1.807, 2.05) is 0 Å². The van der Waals surface area contributed by atoms with Gasteiger partial charge in [-0.1, -0.05) is 0 Å². The molecule has 2 nitrogen and oxygen atoms in total. The average Bonchev–Trinajstić information content (AvgIpc) is 2.90. The molecule has 1 fully saturated rings. The van der Waals surface area contributed by atoms with Gasteiger partial charge in [-0.3, -0.25) is 0 Å². The van der Waals surface area contributed by atoms with Crippen LogP contribution in [-0.4, -0.2) is 11.1 Å². The summed E-state index contributed by atoms with van der Waals surface area (Å²) in [6, 6.07) is 2.86. The lowest BCUT2D eigenvalue weighted by molar-refractivity contribution is -0.142. The first-order chi connectivity index (χ1) is 6.97. The highest BCUT2D eigenvalue weighted by Gasteiger charge is 2.38. The molecule has 0 bridgehead atoms. The van der Waals surface area contributed by atoms with Crippen LogP contribution in [0.5, 0.6) is 5.75 Å². The molecule has 0 amide bonds. The number of ether oxygens (including phenoxy) is 1. The van der Waals surface area contributed by atoms with Gasteiger partial charge in [-0.25, -0.2) is 4.98 Å². The first-order valence-corrected chi connectivity index (χ1v) is 4.68. The van der Waals surface area contributed by atoms with Gasteiger partial charge in [0.1, 0.15) is 0 Å². The fourth-order valence-corrected chi connectivity index (χ4v) is 1.21.